The fourth-order valence-electron chi connectivity index (χ4n) is 3.90. The lowest BCUT2D eigenvalue weighted by atomic mass is 9.95. The van der Waals surface area contributed by atoms with Crippen LogP contribution in [-0.4, -0.2) is 21.5 Å². The monoisotopic (exact) mass is 289 g/mol. The Bertz CT molecular complexity index is 514. The van der Waals surface area contributed by atoms with Crippen molar-refractivity contribution >= 4 is 5.91 Å². The molecule has 4 heteroatoms. The van der Waals surface area contributed by atoms with Crippen LogP contribution in [0.3, 0.4) is 0 Å². The van der Waals surface area contributed by atoms with Crippen LogP contribution in [0, 0.1) is 6.92 Å². The van der Waals surface area contributed by atoms with Crippen LogP contribution >= 0.6 is 0 Å². The zero-order chi connectivity index (χ0) is 14.8. The minimum Gasteiger partial charge on any atom is -0.352 e. The van der Waals surface area contributed by atoms with Crippen LogP contribution in [0.1, 0.15) is 75.1 Å². The summed E-state index contributed by atoms with van der Waals surface area (Å²) in [5.74, 6) is 1.16. The maximum atomic E-state index is 12.6. The van der Waals surface area contributed by atoms with Gasteiger partial charge in [0.1, 0.15) is 11.9 Å². The first kappa shape index (κ1) is 14.6. The molecule has 1 aromatic heterocycles. The molecule has 1 atom stereocenters. The van der Waals surface area contributed by atoms with E-state index < -0.39 is 0 Å². The summed E-state index contributed by atoms with van der Waals surface area (Å²) in [5, 5.41) is 3.25. The van der Waals surface area contributed by atoms with E-state index in [0.29, 0.717) is 6.04 Å². The second-order valence-corrected chi connectivity index (χ2v) is 6.65. The van der Waals surface area contributed by atoms with Crippen molar-refractivity contribution in [2.24, 2.45) is 0 Å². The highest BCUT2D eigenvalue weighted by Crippen LogP contribution is 2.26. The van der Waals surface area contributed by atoms with Gasteiger partial charge in [0.25, 0.3) is 0 Å². The van der Waals surface area contributed by atoms with Crippen molar-refractivity contribution in [3.8, 4) is 0 Å². The number of amides is 1. The van der Waals surface area contributed by atoms with Gasteiger partial charge in [0.15, 0.2) is 0 Å². The van der Waals surface area contributed by atoms with E-state index in [1.165, 1.54) is 43.5 Å². The molecule has 0 aromatic carbocycles. The average molecular weight is 289 g/mol. The Morgan fingerprint density at radius 1 is 1.19 bits per heavy atom. The molecule has 0 spiro atoms. The number of aromatic nitrogens is 2. The smallest absolute Gasteiger partial charge is 0.243 e. The van der Waals surface area contributed by atoms with Crippen LogP contribution in [0.4, 0.5) is 0 Å². The number of rotatable bonds is 3. The molecule has 0 bridgehead atoms. The van der Waals surface area contributed by atoms with Gasteiger partial charge < -0.3 is 9.88 Å². The Balaban J connectivity index is 1.73. The number of carbonyl (C=O) groups is 1. The highest BCUT2D eigenvalue weighted by Gasteiger charge is 2.26. The zero-order valence-corrected chi connectivity index (χ0v) is 13.3. The normalized spacial score (nSPS) is 20.9. The van der Waals surface area contributed by atoms with Gasteiger partial charge in [0, 0.05) is 11.7 Å². The fourth-order valence-corrected chi connectivity index (χ4v) is 3.90. The summed E-state index contributed by atoms with van der Waals surface area (Å²) in [7, 11) is 0. The molecule has 1 amide bonds. The van der Waals surface area contributed by atoms with Gasteiger partial charge in [0.2, 0.25) is 5.91 Å². The molecule has 116 valence electrons. The van der Waals surface area contributed by atoms with Gasteiger partial charge >= 0.3 is 0 Å². The van der Waals surface area contributed by atoms with Crippen molar-refractivity contribution in [1.82, 2.24) is 14.9 Å². The predicted molar refractivity (Wildman–Crippen MR) is 83.3 cm³/mol. The fraction of sp³-hybridized carbons (Fsp3) is 0.765. The van der Waals surface area contributed by atoms with Gasteiger partial charge in [-0.15, -0.1) is 0 Å². The number of hydrogen-bond donors (Lipinski definition) is 1. The third-order valence-electron chi connectivity index (χ3n) is 5.06. The third kappa shape index (κ3) is 2.99. The molecular formula is C17H27N3O. The molecule has 1 aromatic rings. The first-order valence-electron chi connectivity index (χ1n) is 8.54. The van der Waals surface area contributed by atoms with E-state index in [9.17, 15) is 4.79 Å². The summed E-state index contributed by atoms with van der Waals surface area (Å²) in [6, 6.07) is 0.245. The molecule has 0 radical (unpaired) electrons. The molecule has 2 aliphatic carbocycles. The van der Waals surface area contributed by atoms with Gasteiger partial charge in [0.05, 0.1) is 5.69 Å². The van der Waals surface area contributed by atoms with Crippen LogP contribution in [0.25, 0.3) is 0 Å². The Labute approximate surface area is 127 Å². The Morgan fingerprint density at radius 2 is 1.90 bits per heavy atom. The topological polar surface area (TPSA) is 46.9 Å². The van der Waals surface area contributed by atoms with Crippen LogP contribution < -0.4 is 5.32 Å². The molecule has 3 rings (SSSR count). The summed E-state index contributed by atoms with van der Waals surface area (Å²) in [6.45, 7) is 4.05. The van der Waals surface area contributed by atoms with E-state index in [1.54, 1.807) is 0 Å². The van der Waals surface area contributed by atoms with E-state index in [-0.39, 0.29) is 11.9 Å². The summed E-state index contributed by atoms with van der Waals surface area (Å²) in [6.07, 6.45) is 10.7. The van der Waals surface area contributed by atoms with E-state index in [2.05, 4.69) is 14.9 Å². The number of hydrogen-bond acceptors (Lipinski definition) is 2. The van der Waals surface area contributed by atoms with Gasteiger partial charge in [-0.25, -0.2) is 4.98 Å². The molecule has 1 saturated carbocycles. The van der Waals surface area contributed by atoms with E-state index in [4.69, 9.17) is 0 Å². The van der Waals surface area contributed by atoms with Crippen molar-refractivity contribution in [2.75, 3.05) is 0 Å². The quantitative estimate of drug-likeness (QED) is 0.929. The van der Waals surface area contributed by atoms with Crippen molar-refractivity contribution in [2.45, 2.75) is 83.7 Å². The molecule has 0 saturated heterocycles. The number of nitrogens with one attached hydrogen (secondary N) is 1. The molecule has 0 aliphatic heterocycles. The van der Waals surface area contributed by atoms with Crippen LogP contribution in [-0.2, 0) is 17.6 Å². The summed E-state index contributed by atoms with van der Waals surface area (Å²) >= 11 is 0. The number of aryl methyl sites for hydroxylation is 2. The first-order chi connectivity index (χ1) is 10.2. The van der Waals surface area contributed by atoms with E-state index >= 15 is 0 Å². The molecule has 1 N–H and O–H groups in total. The molecular weight excluding hydrogens is 262 g/mol. The van der Waals surface area contributed by atoms with Gasteiger partial charge in [-0.3, -0.25) is 4.79 Å². The molecule has 2 aliphatic rings. The summed E-state index contributed by atoms with van der Waals surface area (Å²) < 4.78 is 2.17. The third-order valence-corrected chi connectivity index (χ3v) is 5.06. The number of fused-ring (bicyclic) bond motifs is 1. The molecule has 4 nitrogen and oxygen atoms in total. The molecule has 21 heavy (non-hydrogen) atoms. The SMILES string of the molecule is Cc1nc2c(n1C(C)C(=O)NC1CCCCC1)CCCC2. The maximum absolute atomic E-state index is 12.6. The zero-order valence-electron chi connectivity index (χ0n) is 13.3. The first-order valence-corrected chi connectivity index (χ1v) is 8.54. The Hall–Kier alpha value is -1.32. The second-order valence-electron chi connectivity index (χ2n) is 6.65. The Morgan fingerprint density at radius 3 is 2.67 bits per heavy atom. The van der Waals surface area contributed by atoms with Crippen molar-refractivity contribution in [1.29, 1.82) is 0 Å². The van der Waals surface area contributed by atoms with Gasteiger partial charge in [-0.2, -0.15) is 0 Å². The van der Waals surface area contributed by atoms with Crippen LogP contribution in [0.15, 0.2) is 0 Å². The standard InChI is InChI=1S/C17H27N3O/c1-12(17(21)19-14-8-4-3-5-9-14)20-13(2)18-15-10-6-7-11-16(15)20/h12,14H,3-11H2,1-2H3,(H,19,21). The van der Waals surface area contributed by atoms with E-state index in [1.807, 2.05) is 13.8 Å². The maximum Gasteiger partial charge on any atom is 0.243 e. The summed E-state index contributed by atoms with van der Waals surface area (Å²) in [4.78, 5) is 17.3. The molecule has 1 heterocycles. The van der Waals surface area contributed by atoms with E-state index in [0.717, 1.165) is 31.5 Å². The lowest BCUT2D eigenvalue weighted by Crippen LogP contribution is -2.40. The number of imidazole rings is 1. The lowest BCUT2D eigenvalue weighted by Gasteiger charge is -2.26. The Kier molecular flexibility index (Phi) is 4.32. The van der Waals surface area contributed by atoms with Crippen LogP contribution in [0.2, 0.25) is 0 Å². The van der Waals surface area contributed by atoms with Crippen molar-refractivity contribution < 1.29 is 4.79 Å². The average Bonchev–Trinajstić information content (AvgIpc) is 2.83. The minimum atomic E-state index is -0.138. The van der Waals surface area contributed by atoms with Gasteiger partial charge in [-0.05, 0) is 52.4 Å². The lowest BCUT2D eigenvalue weighted by molar-refractivity contribution is -0.124. The highest BCUT2D eigenvalue weighted by molar-refractivity contribution is 5.80. The van der Waals surface area contributed by atoms with Crippen molar-refractivity contribution in [3.05, 3.63) is 17.2 Å². The number of carbonyl (C=O) groups excluding carboxylic acids is 1. The van der Waals surface area contributed by atoms with Gasteiger partial charge in [-0.1, -0.05) is 19.3 Å². The molecule has 1 fully saturated rings. The number of nitrogens with zero attached hydrogens (tertiary/aromatic N) is 2. The van der Waals surface area contributed by atoms with Crippen molar-refractivity contribution in [3.63, 3.8) is 0 Å². The second kappa shape index (κ2) is 6.20. The van der Waals surface area contributed by atoms with Crippen LogP contribution in [0.5, 0.6) is 0 Å². The molecule has 1 unspecified atom stereocenters. The predicted octanol–water partition coefficient (Wildman–Crippen LogP) is 3.08. The summed E-state index contributed by atoms with van der Waals surface area (Å²) in [5.41, 5.74) is 2.51. The largest absolute Gasteiger partial charge is 0.352 e. The minimum absolute atomic E-state index is 0.138. The highest BCUT2D eigenvalue weighted by atomic mass is 16.2.